The van der Waals surface area contributed by atoms with Gasteiger partial charge in [0, 0.05) is 50.2 Å². The molecule has 0 saturated carbocycles. The third-order valence-electron chi connectivity index (χ3n) is 13.4. The molecular formula is C56H100N4O7S. The van der Waals surface area contributed by atoms with Gasteiger partial charge in [0.25, 0.3) is 5.91 Å². The van der Waals surface area contributed by atoms with Crippen molar-refractivity contribution >= 4 is 46.0 Å². The molecule has 1 aliphatic heterocycles. The van der Waals surface area contributed by atoms with E-state index in [9.17, 15) is 24.0 Å². The van der Waals surface area contributed by atoms with Crippen LogP contribution in [0.3, 0.4) is 0 Å². The average Bonchev–Trinajstić information content (AvgIpc) is 3.67. The second-order valence-corrected chi connectivity index (χ2v) is 21.1. The molecule has 1 aromatic heterocycles. The fraction of sp³-hybridized carbons (Fsp3) is 0.839. The molecule has 1 aliphatic rings. The molecule has 0 aromatic carbocycles. The van der Waals surface area contributed by atoms with Crippen molar-refractivity contribution in [3.05, 3.63) is 16.0 Å². The first-order valence-corrected chi connectivity index (χ1v) is 28.9. The van der Waals surface area contributed by atoms with Gasteiger partial charge in [-0.25, -0.2) is 0 Å². The standard InChI is InChI=1S/C56H100N4O7S/c1-7-11-15-19-22-26-34-46(33-25-18-14-10-4)66-52(63)39-31-29-37-50(61)58-56-54(55(65)57-42-44-59(5)6)48-41-43-60(45-49(48)68-56)51(62)38-30-32-40-53(64)67-47(35-27-23-20-16-12-8-2)36-28-24-21-17-13-9-3/h46-47H,7-45H2,1-6H3,(H,57,65)(H,58,61). The zero-order chi connectivity index (χ0) is 49.6. The number of hydrogen-bond acceptors (Lipinski definition) is 9. The van der Waals surface area contributed by atoms with Crippen molar-refractivity contribution in [2.75, 3.05) is 39.0 Å². The fourth-order valence-corrected chi connectivity index (χ4v) is 10.4. The number of anilines is 1. The summed E-state index contributed by atoms with van der Waals surface area (Å²) < 4.78 is 12.0. The SMILES string of the molecule is CCCCCCCCC(CCCCCC)OC(=O)CCCCC(=O)Nc1sc2c(c1C(=O)NCCN(C)C)CCN(C(=O)CCCCC(=O)OC(CCCCCCCC)CCCCCCCC)C2. The zero-order valence-electron chi connectivity index (χ0n) is 44.4. The molecular weight excluding hydrogens is 873 g/mol. The Kier molecular flexibility index (Phi) is 35.7. The second-order valence-electron chi connectivity index (χ2n) is 20.0. The van der Waals surface area contributed by atoms with Gasteiger partial charge in [-0.05, 0) is 103 Å². The lowest BCUT2D eigenvalue weighted by atomic mass is 10.0. The number of nitrogens with zero attached hydrogens (tertiary/aromatic N) is 2. The highest BCUT2D eigenvalue weighted by Gasteiger charge is 2.30. The molecule has 0 aliphatic carbocycles. The molecule has 0 radical (unpaired) electrons. The van der Waals surface area contributed by atoms with Crippen molar-refractivity contribution in [2.24, 2.45) is 0 Å². The van der Waals surface area contributed by atoms with E-state index in [4.69, 9.17) is 9.47 Å². The highest BCUT2D eigenvalue weighted by Crippen LogP contribution is 2.38. The molecule has 0 fully saturated rings. The van der Waals surface area contributed by atoms with Gasteiger partial charge in [0.1, 0.15) is 17.2 Å². The Hall–Kier alpha value is -2.99. The predicted octanol–water partition coefficient (Wildman–Crippen LogP) is 14.0. The normalized spacial score (nSPS) is 12.9. The molecule has 0 bridgehead atoms. The van der Waals surface area contributed by atoms with E-state index in [0.29, 0.717) is 81.7 Å². The number of thiophene rings is 1. The van der Waals surface area contributed by atoms with Crippen LogP contribution in [0.4, 0.5) is 5.00 Å². The molecule has 1 aromatic rings. The number of unbranched alkanes of at least 4 members (excludes halogenated alkanes) is 20. The maximum atomic E-state index is 13.7. The summed E-state index contributed by atoms with van der Waals surface area (Å²) in [7, 11) is 3.91. The average molecular weight is 974 g/mol. The largest absolute Gasteiger partial charge is 0.462 e. The van der Waals surface area contributed by atoms with Crippen LogP contribution in [0.25, 0.3) is 0 Å². The van der Waals surface area contributed by atoms with E-state index >= 15 is 0 Å². The van der Waals surface area contributed by atoms with Gasteiger partial charge < -0.3 is 29.9 Å². The number of hydrogen-bond donors (Lipinski definition) is 2. The third kappa shape index (κ3) is 28.6. The Bertz CT molecular complexity index is 1500. The van der Waals surface area contributed by atoms with Gasteiger partial charge in [0.2, 0.25) is 11.8 Å². The number of esters is 2. The van der Waals surface area contributed by atoms with Gasteiger partial charge in [0.05, 0.1) is 12.1 Å². The molecule has 392 valence electrons. The number of nitrogens with one attached hydrogen (secondary N) is 2. The van der Waals surface area contributed by atoms with Crippen LogP contribution in [0, 0.1) is 0 Å². The Morgan fingerprint density at radius 3 is 1.47 bits per heavy atom. The van der Waals surface area contributed by atoms with E-state index in [1.165, 1.54) is 127 Å². The lowest BCUT2D eigenvalue weighted by molar-refractivity contribution is -0.151. The summed E-state index contributed by atoms with van der Waals surface area (Å²) in [6.45, 7) is 10.9. The van der Waals surface area contributed by atoms with Crippen LogP contribution < -0.4 is 10.6 Å². The van der Waals surface area contributed by atoms with E-state index in [1.54, 1.807) is 0 Å². The van der Waals surface area contributed by atoms with Crippen LogP contribution in [-0.4, -0.2) is 85.4 Å². The molecule has 3 amide bonds. The number of carbonyl (C=O) groups excluding carboxylic acids is 5. The van der Waals surface area contributed by atoms with Gasteiger partial charge >= 0.3 is 11.9 Å². The van der Waals surface area contributed by atoms with Crippen LogP contribution in [-0.2, 0) is 41.6 Å². The Balaban J connectivity index is 1.92. The zero-order valence-corrected chi connectivity index (χ0v) is 45.2. The third-order valence-corrected chi connectivity index (χ3v) is 14.5. The maximum Gasteiger partial charge on any atom is 0.306 e. The molecule has 68 heavy (non-hydrogen) atoms. The monoisotopic (exact) mass is 973 g/mol. The van der Waals surface area contributed by atoms with Gasteiger partial charge in [-0.2, -0.15) is 0 Å². The molecule has 2 N–H and O–H groups in total. The molecule has 1 unspecified atom stereocenters. The summed E-state index contributed by atoms with van der Waals surface area (Å²) in [5.41, 5.74) is 1.39. The van der Waals surface area contributed by atoms with Gasteiger partial charge in [-0.15, -0.1) is 11.3 Å². The number of amides is 3. The Labute approximate surface area is 419 Å². The first-order chi connectivity index (χ1) is 33.0. The summed E-state index contributed by atoms with van der Waals surface area (Å²) >= 11 is 1.38. The molecule has 1 atom stereocenters. The highest BCUT2D eigenvalue weighted by molar-refractivity contribution is 7.17. The molecule has 0 saturated heterocycles. The molecule has 12 heteroatoms. The van der Waals surface area contributed by atoms with Crippen LogP contribution >= 0.6 is 11.3 Å². The van der Waals surface area contributed by atoms with E-state index in [0.717, 1.165) is 61.8 Å². The van der Waals surface area contributed by atoms with E-state index in [2.05, 4.69) is 38.3 Å². The van der Waals surface area contributed by atoms with Crippen LogP contribution in [0.1, 0.15) is 267 Å². The van der Waals surface area contributed by atoms with Crippen molar-refractivity contribution in [2.45, 2.75) is 271 Å². The molecule has 2 rings (SSSR count). The van der Waals surface area contributed by atoms with Crippen molar-refractivity contribution in [1.82, 2.24) is 15.1 Å². The van der Waals surface area contributed by atoms with E-state index in [1.807, 2.05) is 23.9 Å². The maximum absolute atomic E-state index is 13.7. The van der Waals surface area contributed by atoms with Gasteiger partial charge in [-0.1, -0.05) is 143 Å². The van der Waals surface area contributed by atoms with E-state index < -0.39 is 0 Å². The smallest absolute Gasteiger partial charge is 0.306 e. The van der Waals surface area contributed by atoms with Gasteiger partial charge in [0.15, 0.2) is 0 Å². The van der Waals surface area contributed by atoms with Crippen molar-refractivity contribution < 1.29 is 33.4 Å². The minimum atomic E-state index is -0.222. The van der Waals surface area contributed by atoms with Crippen molar-refractivity contribution in [3.63, 3.8) is 0 Å². The fourth-order valence-electron chi connectivity index (χ4n) is 9.14. The van der Waals surface area contributed by atoms with Gasteiger partial charge in [-0.3, -0.25) is 24.0 Å². The van der Waals surface area contributed by atoms with Crippen molar-refractivity contribution in [3.8, 4) is 0 Å². The van der Waals surface area contributed by atoms with E-state index in [-0.39, 0.29) is 54.7 Å². The number of fused-ring (bicyclic) bond motifs is 1. The topological polar surface area (TPSA) is 134 Å². The first kappa shape index (κ1) is 61.1. The first-order valence-electron chi connectivity index (χ1n) is 28.1. The summed E-state index contributed by atoms with van der Waals surface area (Å²) in [5, 5.41) is 6.59. The van der Waals surface area contributed by atoms with Crippen LogP contribution in [0.2, 0.25) is 0 Å². The number of likely N-dealkylation sites (N-methyl/N-ethyl adjacent to an activating group) is 1. The Morgan fingerprint density at radius 1 is 0.574 bits per heavy atom. The molecule has 11 nitrogen and oxygen atoms in total. The minimum Gasteiger partial charge on any atom is -0.462 e. The molecule has 0 spiro atoms. The summed E-state index contributed by atoms with van der Waals surface area (Å²) in [4.78, 5) is 71.2. The summed E-state index contributed by atoms with van der Waals surface area (Å²) in [5.74, 6) is -0.709. The predicted molar refractivity (Wildman–Crippen MR) is 282 cm³/mol. The quantitative estimate of drug-likeness (QED) is 0.0488. The lowest BCUT2D eigenvalue weighted by Gasteiger charge is -2.27. The number of rotatable bonds is 43. The van der Waals surface area contributed by atoms with Crippen LogP contribution in [0.5, 0.6) is 0 Å². The van der Waals surface area contributed by atoms with Crippen molar-refractivity contribution in [1.29, 1.82) is 0 Å². The molecule has 2 heterocycles. The second kappa shape index (κ2) is 39.7. The van der Waals surface area contributed by atoms with Crippen LogP contribution in [0.15, 0.2) is 0 Å². The Morgan fingerprint density at radius 2 is 1.00 bits per heavy atom. The minimum absolute atomic E-state index is 0.0116. The summed E-state index contributed by atoms with van der Waals surface area (Å²) in [6.07, 6.45) is 34.3. The summed E-state index contributed by atoms with van der Waals surface area (Å²) in [6, 6.07) is 0. The lowest BCUT2D eigenvalue weighted by Crippen LogP contribution is -2.36. The highest BCUT2D eigenvalue weighted by atomic mass is 32.1. The number of ether oxygens (including phenoxy) is 2. The number of carbonyl (C=O) groups is 5.